The molecule has 0 bridgehead atoms. The Bertz CT molecular complexity index is 669. The van der Waals surface area contributed by atoms with E-state index in [-0.39, 0.29) is 5.91 Å². The fourth-order valence-corrected chi connectivity index (χ4v) is 3.51. The Morgan fingerprint density at radius 3 is 2.62 bits per heavy atom. The molecule has 3 heteroatoms. The van der Waals surface area contributed by atoms with Gasteiger partial charge in [0.05, 0.1) is 0 Å². The summed E-state index contributed by atoms with van der Waals surface area (Å²) in [5.74, 6) is 0.771. The summed E-state index contributed by atoms with van der Waals surface area (Å²) in [6, 6.07) is 18.5. The normalized spacial score (nSPS) is 17.2. The molecular weight excluding hydrogens is 296 g/mol. The Kier molecular flexibility index (Phi) is 5.65. The Morgan fingerprint density at radius 1 is 1.08 bits per heavy atom. The van der Waals surface area contributed by atoms with Crippen molar-refractivity contribution in [1.82, 2.24) is 10.2 Å². The molecular formula is C21H26N2O. The highest BCUT2D eigenvalue weighted by molar-refractivity contribution is 5.95. The standard InChI is InChI=1S/C21H26N2O/c1-22-15-18-13-14-23(16-18)21(24)20-10-6-5-9-19(20)12-11-17-7-3-2-4-8-17/h2-10,18,22H,11-16H2,1H3/t18-/m1/s1. The molecule has 1 fully saturated rings. The number of carbonyl (C=O) groups excluding carboxylic acids is 1. The van der Waals surface area contributed by atoms with E-state index in [1.54, 1.807) is 0 Å². The molecule has 3 rings (SSSR count). The Morgan fingerprint density at radius 2 is 1.83 bits per heavy atom. The molecule has 0 aliphatic carbocycles. The van der Waals surface area contributed by atoms with Crippen molar-refractivity contribution in [3.05, 3.63) is 71.3 Å². The minimum atomic E-state index is 0.192. The van der Waals surface area contributed by atoms with Crippen LogP contribution in [-0.4, -0.2) is 37.5 Å². The van der Waals surface area contributed by atoms with Crippen molar-refractivity contribution in [3.63, 3.8) is 0 Å². The van der Waals surface area contributed by atoms with Crippen molar-refractivity contribution < 1.29 is 4.79 Å². The number of likely N-dealkylation sites (tertiary alicyclic amines) is 1. The highest BCUT2D eigenvalue weighted by Crippen LogP contribution is 2.21. The van der Waals surface area contributed by atoms with E-state index in [0.717, 1.165) is 50.0 Å². The number of aryl methyl sites for hydroxylation is 2. The zero-order chi connectivity index (χ0) is 16.8. The van der Waals surface area contributed by atoms with Crippen molar-refractivity contribution in [3.8, 4) is 0 Å². The summed E-state index contributed by atoms with van der Waals surface area (Å²) in [6.07, 6.45) is 2.96. The van der Waals surface area contributed by atoms with Gasteiger partial charge in [0, 0.05) is 18.7 Å². The predicted octanol–water partition coefficient (Wildman–Crippen LogP) is 3.15. The lowest BCUT2D eigenvalue weighted by atomic mass is 9.99. The molecule has 1 N–H and O–H groups in total. The molecule has 24 heavy (non-hydrogen) atoms. The summed E-state index contributed by atoms with van der Waals surface area (Å²) < 4.78 is 0. The molecule has 0 spiro atoms. The molecule has 1 heterocycles. The number of hydrogen-bond acceptors (Lipinski definition) is 2. The maximum Gasteiger partial charge on any atom is 0.254 e. The monoisotopic (exact) mass is 322 g/mol. The minimum Gasteiger partial charge on any atom is -0.338 e. The summed E-state index contributed by atoms with van der Waals surface area (Å²) in [6.45, 7) is 2.73. The topological polar surface area (TPSA) is 32.3 Å². The van der Waals surface area contributed by atoms with Crippen LogP contribution < -0.4 is 5.32 Å². The first-order valence-corrected chi connectivity index (χ1v) is 8.83. The minimum absolute atomic E-state index is 0.192. The molecule has 1 saturated heterocycles. The molecule has 2 aromatic carbocycles. The van der Waals surface area contributed by atoms with Gasteiger partial charge in [-0.15, -0.1) is 0 Å². The lowest BCUT2D eigenvalue weighted by Gasteiger charge is -2.19. The Balaban J connectivity index is 1.68. The first-order valence-electron chi connectivity index (χ1n) is 8.83. The smallest absolute Gasteiger partial charge is 0.254 e. The van der Waals surface area contributed by atoms with Crippen LogP contribution in [0.2, 0.25) is 0 Å². The van der Waals surface area contributed by atoms with Crippen molar-refractivity contribution in [2.75, 3.05) is 26.7 Å². The molecule has 3 nitrogen and oxygen atoms in total. The zero-order valence-electron chi connectivity index (χ0n) is 14.4. The van der Waals surface area contributed by atoms with Gasteiger partial charge in [-0.05, 0) is 56.0 Å². The number of hydrogen-bond donors (Lipinski definition) is 1. The highest BCUT2D eigenvalue weighted by atomic mass is 16.2. The number of amides is 1. The number of carbonyl (C=O) groups is 1. The van der Waals surface area contributed by atoms with Gasteiger partial charge in [-0.3, -0.25) is 4.79 Å². The van der Waals surface area contributed by atoms with Crippen LogP contribution in [-0.2, 0) is 12.8 Å². The van der Waals surface area contributed by atoms with E-state index in [1.165, 1.54) is 5.56 Å². The van der Waals surface area contributed by atoms with Gasteiger partial charge in [0.15, 0.2) is 0 Å². The van der Waals surface area contributed by atoms with Gasteiger partial charge in [0.1, 0.15) is 0 Å². The molecule has 0 radical (unpaired) electrons. The molecule has 2 aromatic rings. The van der Waals surface area contributed by atoms with Crippen LogP contribution in [0, 0.1) is 5.92 Å². The van der Waals surface area contributed by atoms with Crippen LogP contribution in [0.25, 0.3) is 0 Å². The van der Waals surface area contributed by atoms with Crippen LogP contribution in [0.1, 0.15) is 27.9 Å². The maximum atomic E-state index is 12.9. The van der Waals surface area contributed by atoms with Gasteiger partial charge in [-0.25, -0.2) is 0 Å². The SMILES string of the molecule is CNC[C@H]1CCN(C(=O)c2ccccc2CCc2ccccc2)C1. The lowest BCUT2D eigenvalue weighted by molar-refractivity contribution is 0.0786. The number of nitrogens with zero attached hydrogens (tertiary/aromatic N) is 1. The van der Waals surface area contributed by atoms with E-state index in [1.807, 2.05) is 36.2 Å². The van der Waals surface area contributed by atoms with E-state index >= 15 is 0 Å². The summed E-state index contributed by atoms with van der Waals surface area (Å²) in [5, 5.41) is 3.22. The van der Waals surface area contributed by atoms with Crippen molar-refractivity contribution in [1.29, 1.82) is 0 Å². The average Bonchev–Trinajstić information content (AvgIpc) is 3.09. The van der Waals surface area contributed by atoms with Crippen molar-refractivity contribution in [2.24, 2.45) is 5.92 Å². The molecule has 0 aromatic heterocycles. The quantitative estimate of drug-likeness (QED) is 0.886. The Labute approximate surface area is 144 Å². The maximum absolute atomic E-state index is 12.9. The molecule has 1 aliphatic rings. The third-order valence-corrected chi connectivity index (χ3v) is 4.84. The fraction of sp³-hybridized carbons (Fsp3) is 0.381. The third-order valence-electron chi connectivity index (χ3n) is 4.84. The second kappa shape index (κ2) is 8.11. The van der Waals surface area contributed by atoms with Gasteiger partial charge in [0.2, 0.25) is 0 Å². The first kappa shape index (κ1) is 16.7. The average molecular weight is 322 g/mol. The van der Waals surface area contributed by atoms with E-state index in [4.69, 9.17) is 0 Å². The van der Waals surface area contributed by atoms with E-state index in [0.29, 0.717) is 5.92 Å². The van der Waals surface area contributed by atoms with Crippen LogP contribution in [0.4, 0.5) is 0 Å². The van der Waals surface area contributed by atoms with Crippen LogP contribution in [0.5, 0.6) is 0 Å². The van der Waals surface area contributed by atoms with E-state index < -0.39 is 0 Å². The second-order valence-corrected chi connectivity index (χ2v) is 6.61. The van der Waals surface area contributed by atoms with Gasteiger partial charge in [-0.1, -0.05) is 48.5 Å². The predicted molar refractivity (Wildman–Crippen MR) is 98.2 cm³/mol. The number of rotatable bonds is 6. The second-order valence-electron chi connectivity index (χ2n) is 6.61. The molecule has 1 amide bonds. The Hall–Kier alpha value is -2.13. The lowest BCUT2D eigenvalue weighted by Crippen LogP contribution is -2.31. The van der Waals surface area contributed by atoms with Crippen LogP contribution in [0.15, 0.2) is 54.6 Å². The largest absolute Gasteiger partial charge is 0.338 e. The van der Waals surface area contributed by atoms with Crippen molar-refractivity contribution >= 4 is 5.91 Å². The summed E-state index contributed by atoms with van der Waals surface area (Å²) in [4.78, 5) is 15.0. The van der Waals surface area contributed by atoms with Gasteiger partial charge in [0.25, 0.3) is 5.91 Å². The molecule has 126 valence electrons. The summed E-state index contributed by atoms with van der Waals surface area (Å²) in [5.41, 5.74) is 3.34. The molecule has 1 atom stereocenters. The van der Waals surface area contributed by atoms with Crippen LogP contribution >= 0.6 is 0 Å². The van der Waals surface area contributed by atoms with Crippen LogP contribution in [0.3, 0.4) is 0 Å². The summed E-state index contributed by atoms with van der Waals surface area (Å²) in [7, 11) is 1.98. The molecule has 1 aliphatic heterocycles. The number of nitrogens with one attached hydrogen (secondary N) is 1. The summed E-state index contributed by atoms with van der Waals surface area (Å²) >= 11 is 0. The molecule has 0 unspecified atom stereocenters. The number of benzene rings is 2. The van der Waals surface area contributed by atoms with E-state index in [2.05, 4.69) is 35.6 Å². The van der Waals surface area contributed by atoms with E-state index in [9.17, 15) is 4.79 Å². The fourth-order valence-electron chi connectivity index (χ4n) is 3.51. The van der Waals surface area contributed by atoms with Gasteiger partial charge >= 0.3 is 0 Å². The van der Waals surface area contributed by atoms with Gasteiger partial charge in [-0.2, -0.15) is 0 Å². The van der Waals surface area contributed by atoms with Crippen molar-refractivity contribution in [2.45, 2.75) is 19.3 Å². The van der Waals surface area contributed by atoms with Gasteiger partial charge < -0.3 is 10.2 Å². The molecule has 0 saturated carbocycles. The zero-order valence-corrected chi connectivity index (χ0v) is 14.4. The first-order chi connectivity index (χ1) is 11.8. The highest BCUT2D eigenvalue weighted by Gasteiger charge is 2.27. The third kappa shape index (κ3) is 4.04.